The number of aryl methyl sites for hydroxylation is 1. The van der Waals surface area contributed by atoms with Crippen molar-refractivity contribution in [3.63, 3.8) is 0 Å². The van der Waals surface area contributed by atoms with Crippen LogP contribution in [0.5, 0.6) is 0 Å². The lowest BCUT2D eigenvalue weighted by atomic mass is 10.0. The molecule has 1 atom stereocenters. The van der Waals surface area contributed by atoms with Gasteiger partial charge in [-0.2, -0.15) is 0 Å². The Kier molecular flexibility index (Phi) is 3.57. The van der Waals surface area contributed by atoms with Crippen molar-refractivity contribution >= 4 is 5.78 Å². The van der Waals surface area contributed by atoms with Gasteiger partial charge in [0.1, 0.15) is 11.9 Å². The van der Waals surface area contributed by atoms with E-state index in [4.69, 9.17) is 4.74 Å². The lowest BCUT2D eigenvalue weighted by Crippen LogP contribution is -2.26. The first-order valence-corrected chi connectivity index (χ1v) is 6.05. The van der Waals surface area contributed by atoms with Gasteiger partial charge in [-0.15, -0.1) is 0 Å². The summed E-state index contributed by atoms with van der Waals surface area (Å²) in [5.41, 5.74) is 0.972. The predicted molar refractivity (Wildman–Crippen MR) is 63.6 cm³/mol. The maximum Gasteiger partial charge on any atom is 0.191 e. The fraction of sp³-hybridized carbons (Fsp3) is 0.500. The van der Waals surface area contributed by atoms with Crippen LogP contribution in [-0.4, -0.2) is 18.5 Å². The summed E-state index contributed by atoms with van der Waals surface area (Å²) in [7, 11) is 0. The minimum absolute atomic E-state index is 0.0896. The molecule has 1 aliphatic carbocycles. The lowest BCUT2D eigenvalue weighted by Gasteiger charge is -2.15. The van der Waals surface area contributed by atoms with E-state index >= 15 is 0 Å². The Hall–Kier alpha value is -1.22. The van der Waals surface area contributed by atoms with E-state index in [1.165, 1.54) is 6.07 Å². The number of carbonyl (C=O) groups excluding carboxylic acids is 1. The van der Waals surface area contributed by atoms with E-state index < -0.39 is 0 Å². The van der Waals surface area contributed by atoms with Crippen molar-refractivity contribution in [2.75, 3.05) is 6.61 Å². The van der Waals surface area contributed by atoms with Crippen LogP contribution in [0.15, 0.2) is 18.2 Å². The number of rotatable bonds is 5. The van der Waals surface area contributed by atoms with Crippen LogP contribution in [0.25, 0.3) is 0 Å². The molecule has 0 bridgehead atoms. The molecule has 0 aliphatic heterocycles. The fourth-order valence-electron chi connectivity index (χ4n) is 1.91. The van der Waals surface area contributed by atoms with Gasteiger partial charge >= 0.3 is 0 Å². The van der Waals surface area contributed by atoms with Gasteiger partial charge in [0, 0.05) is 12.2 Å². The number of Topliss-reactive ketones (excluding diaryl/α,β-unsaturated/α-hetero) is 1. The molecule has 1 aliphatic rings. The van der Waals surface area contributed by atoms with Crippen LogP contribution < -0.4 is 0 Å². The molecule has 3 heteroatoms. The van der Waals surface area contributed by atoms with Gasteiger partial charge < -0.3 is 4.74 Å². The molecule has 1 fully saturated rings. The zero-order valence-corrected chi connectivity index (χ0v) is 10.2. The molecule has 0 saturated heterocycles. The molecular formula is C14H17FO2. The Labute approximate surface area is 101 Å². The van der Waals surface area contributed by atoms with Gasteiger partial charge in [0.15, 0.2) is 5.78 Å². The van der Waals surface area contributed by atoms with E-state index in [9.17, 15) is 9.18 Å². The third-order valence-electron chi connectivity index (χ3n) is 3.11. The monoisotopic (exact) mass is 236 g/mol. The SMILES string of the molecule is CCOC(C(=O)c1ccc(C)c(F)c1)C1CC1. The number of hydrogen-bond donors (Lipinski definition) is 0. The normalized spacial score (nSPS) is 16.9. The molecule has 1 saturated carbocycles. The van der Waals surface area contributed by atoms with Gasteiger partial charge in [-0.1, -0.05) is 12.1 Å². The maximum atomic E-state index is 13.4. The van der Waals surface area contributed by atoms with Gasteiger partial charge in [-0.05, 0) is 44.2 Å². The van der Waals surface area contributed by atoms with Crippen molar-refractivity contribution in [3.8, 4) is 0 Å². The standard InChI is InChI=1S/C14H17FO2/c1-3-17-14(10-6-7-10)13(16)11-5-4-9(2)12(15)8-11/h4-5,8,10,14H,3,6-7H2,1-2H3. The summed E-state index contributed by atoms with van der Waals surface area (Å²) in [5, 5.41) is 0. The largest absolute Gasteiger partial charge is 0.370 e. The Balaban J connectivity index is 2.19. The van der Waals surface area contributed by atoms with E-state index in [0.29, 0.717) is 23.7 Å². The molecule has 1 aromatic rings. The molecule has 0 radical (unpaired) electrons. The molecule has 2 rings (SSSR count). The number of ketones is 1. The Morgan fingerprint density at radius 2 is 2.24 bits per heavy atom. The molecular weight excluding hydrogens is 219 g/mol. The van der Waals surface area contributed by atoms with Gasteiger partial charge in [0.25, 0.3) is 0 Å². The number of benzene rings is 1. The van der Waals surface area contributed by atoms with Crippen molar-refractivity contribution in [2.45, 2.75) is 32.8 Å². The second-order valence-corrected chi connectivity index (χ2v) is 4.54. The Morgan fingerprint density at radius 1 is 1.53 bits per heavy atom. The zero-order valence-electron chi connectivity index (χ0n) is 10.2. The first kappa shape index (κ1) is 12.2. The van der Waals surface area contributed by atoms with Crippen LogP contribution in [0.3, 0.4) is 0 Å². The fourth-order valence-corrected chi connectivity index (χ4v) is 1.91. The number of halogens is 1. The first-order valence-electron chi connectivity index (χ1n) is 6.05. The van der Waals surface area contributed by atoms with Crippen LogP contribution >= 0.6 is 0 Å². The summed E-state index contributed by atoms with van der Waals surface area (Å²) in [5.74, 6) is -0.0954. The molecule has 0 spiro atoms. The molecule has 0 N–H and O–H groups in total. The highest BCUT2D eigenvalue weighted by Crippen LogP contribution is 2.36. The molecule has 92 valence electrons. The predicted octanol–water partition coefficient (Wildman–Crippen LogP) is 3.13. The molecule has 17 heavy (non-hydrogen) atoms. The minimum Gasteiger partial charge on any atom is -0.370 e. The molecule has 0 heterocycles. The van der Waals surface area contributed by atoms with Crippen molar-refractivity contribution in [1.29, 1.82) is 0 Å². The maximum absolute atomic E-state index is 13.4. The number of ether oxygens (including phenoxy) is 1. The van der Waals surface area contributed by atoms with Crippen LogP contribution in [0.4, 0.5) is 4.39 Å². The smallest absolute Gasteiger partial charge is 0.191 e. The molecule has 1 aromatic carbocycles. The summed E-state index contributed by atoms with van der Waals surface area (Å²) in [4.78, 5) is 12.2. The molecule has 2 nitrogen and oxygen atoms in total. The number of hydrogen-bond acceptors (Lipinski definition) is 2. The van der Waals surface area contributed by atoms with Crippen molar-refractivity contribution < 1.29 is 13.9 Å². The lowest BCUT2D eigenvalue weighted by molar-refractivity contribution is 0.0374. The minimum atomic E-state index is -0.387. The van der Waals surface area contributed by atoms with E-state index in [0.717, 1.165) is 12.8 Å². The quantitative estimate of drug-likeness (QED) is 0.734. The van der Waals surface area contributed by atoms with E-state index in [1.54, 1.807) is 19.1 Å². The zero-order chi connectivity index (χ0) is 12.4. The summed E-state index contributed by atoms with van der Waals surface area (Å²) >= 11 is 0. The third-order valence-corrected chi connectivity index (χ3v) is 3.11. The highest BCUT2D eigenvalue weighted by Gasteiger charge is 2.37. The van der Waals surface area contributed by atoms with Crippen LogP contribution in [0, 0.1) is 18.7 Å². The number of carbonyl (C=O) groups is 1. The highest BCUT2D eigenvalue weighted by atomic mass is 19.1. The third kappa shape index (κ3) is 2.72. The molecule has 1 unspecified atom stereocenters. The second kappa shape index (κ2) is 4.96. The van der Waals surface area contributed by atoms with Crippen LogP contribution in [0.1, 0.15) is 35.7 Å². The van der Waals surface area contributed by atoms with Gasteiger partial charge in [0.2, 0.25) is 0 Å². The first-order chi connectivity index (χ1) is 8.13. The molecule has 0 aromatic heterocycles. The Morgan fingerprint density at radius 3 is 2.76 bits per heavy atom. The topological polar surface area (TPSA) is 26.3 Å². The average Bonchev–Trinajstić information content (AvgIpc) is 3.13. The summed E-state index contributed by atoms with van der Waals surface area (Å²) in [6.07, 6.45) is 1.68. The summed E-state index contributed by atoms with van der Waals surface area (Å²) < 4.78 is 18.9. The van der Waals surface area contributed by atoms with Gasteiger partial charge in [-0.25, -0.2) is 4.39 Å². The van der Waals surface area contributed by atoms with Crippen molar-refractivity contribution in [1.82, 2.24) is 0 Å². The summed E-state index contributed by atoms with van der Waals surface area (Å²) in [6.45, 7) is 4.07. The van der Waals surface area contributed by atoms with Crippen molar-refractivity contribution in [3.05, 3.63) is 35.1 Å². The Bertz CT molecular complexity index is 424. The van der Waals surface area contributed by atoms with E-state index in [2.05, 4.69) is 0 Å². The van der Waals surface area contributed by atoms with Gasteiger partial charge in [0.05, 0.1) is 0 Å². The van der Waals surface area contributed by atoms with Crippen LogP contribution in [-0.2, 0) is 4.74 Å². The molecule has 0 amide bonds. The second-order valence-electron chi connectivity index (χ2n) is 4.54. The van der Waals surface area contributed by atoms with Gasteiger partial charge in [-0.3, -0.25) is 4.79 Å². The van der Waals surface area contributed by atoms with E-state index in [-0.39, 0.29) is 17.7 Å². The summed E-state index contributed by atoms with van der Waals surface area (Å²) in [6, 6.07) is 4.62. The van der Waals surface area contributed by atoms with Crippen LogP contribution in [0.2, 0.25) is 0 Å². The van der Waals surface area contributed by atoms with E-state index in [1.807, 2.05) is 6.92 Å². The average molecular weight is 236 g/mol. The highest BCUT2D eigenvalue weighted by molar-refractivity contribution is 6.00. The van der Waals surface area contributed by atoms with Crippen molar-refractivity contribution in [2.24, 2.45) is 5.92 Å².